The molecule has 0 bridgehead atoms. The highest BCUT2D eigenvalue weighted by Gasteiger charge is 2.17. The largest absolute Gasteiger partial charge is 0.456 e. The lowest BCUT2D eigenvalue weighted by atomic mass is 10.0. The number of halogens is 1. The molecule has 0 aliphatic rings. The van der Waals surface area contributed by atoms with Crippen LogP contribution in [0.4, 0.5) is 4.39 Å². The van der Waals surface area contributed by atoms with Crippen molar-refractivity contribution in [2.24, 2.45) is 0 Å². The number of hydrogen-bond acceptors (Lipinski definition) is 8. The monoisotopic (exact) mass is 433 g/mol. The normalized spacial score (nSPS) is 11.2. The molecule has 0 saturated heterocycles. The number of nitrogens with one attached hydrogen (secondary N) is 1. The number of rotatable bonds is 5. The molecule has 8 nitrogen and oxygen atoms in total. The molecule has 0 spiro atoms. The molecule has 4 aromatic heterocycles. The molecule has 31 heavy (non-hydrogen) atoms. The number of benzene rings is 1. The summed E-state index contributed by atoms with van der Waals surface area (Å²) in [5.74, 6) is -0.437. The van der Waals surface area contributed by atoms with Crippen molar-refractivity contribution in [2.75, 3.05) is 0 Å². The maximum atomic E-state index is 14.5. The van der Waals surface area contributed by atoms with Crippen molar-refractivity contribution in [1.29, 1.82) is 0 Å². The standard InChI is InChI=1S/C21H16FN7OS/c1-11-13(9-14(22)19-18(11)27-29-28-19)15-5-3-6-16(26-15)20-12(2)25-17(31-20)10-30-21-23-7-4-8-24-21/h3-9H,10H2,1-2H3,(H,27,28,29). The molecule has 10 heteroatoms. The van der Waals surface area contributed by atoms with Crippen LogP contribution in [0.3, 0.4) is 0 Å². The summed E-state index contributed by atoms with van der Waals surface area (Å²) in [6.45, 7) is 4.09. The Morgan fingerprint density at radius 1 is 1.06 bits per heavy atom. The topological polar surface area (TPSA) is 102 Å². The van der Waals surface area contributed by atoms with Crippen molar-refractivity contribution in [1.82, 2.24) is 35.3 Å². The highest BCUT2D eigenvalue weighted by atomic mass is 32.1. The zero-order valence-corrected chi connectivity index (χ0v) is 17.4. The fourth-order valence-electron chi connectivity index (χ4n) is 3.31. The highest BCUT2D eigenvalue weighted by Crippen LogP contribution is 2.33. The fraction of sp³-hybridized carbons (Fsp3) is 0.143. The summed E-state index contributed by atoms with van der Waals surface area (Å²) in [4.78, 5) is 18.4. The van der Waals surface area contributed by atoms with Crippen LogP contribution >= 0.6 is 11.3 Å². The lowest BCUT2D eigenvalue weighted by molar-refractivity contribution is 0.280. The number of aromatic amines is 1. The van der Waals surface area contributed by atoms with Gasteiger partial charge in [-0.2, -0.15) is 0 Å². The molecule has 0 atom stereocenters. The van der Waals surface area contributed by atoms with Crippen LogP contribution < -0.4 is 4.74 Å². The molecule has 154 valence electrons. The van der Waals surface area contributed by atoms with Gasteiger partial charge in [-0.15, -0.1) is 16.4 Å². The third kappa shape index (κ3) is 3.61. The summed E-state index contributed by atoms with van der Waals surface area (Å²) in [7, 11) is 0. The Morgan fingerprint density at radius 3 is 2.71 bits per heavy atom. The van der Waals surface area contributed by atoms with Crippen LogP contribution in [0.1, 0.15) is 16.3 Å². The Balaban J connectivity index is 1.47. The van der Waals surface area contributed by atoms with Crippen LogP contribution in [-0.4, -0.2) is 35.3 Å². The predicted molar refractivity (Wildman–Crippen MR) is 114 cm³/mol. The van der Waals surface area contributed by atoms with E-state index in [1.54, 1.807) is 18.5 Å². The van der Waals surface area contributed by atoms with Crippen molar-refractivity contribution in [3.05, 3.63) is 64.8 Å². The molecule has 5 rings (SSSR count). The number of aryl methyl sites for hydroxylation is 2. The van der Waals surface area contributed by atoms with Crippen molar-refractivity contribution >= 4 is 22.4 Å². The van der Waals surface area contributed by atoms with Gasteiger partial charge in [-0.25, -0.2) is 24.3 Å². The second-order valence-electron chi connectivity index (χ2n) is 6.82. The van der Waals surface area contributed by atoms with Crippen LogP contribution in [0.25, 0.3) is 32.9 Å². The lowest BCUT2D eigenvalue weighted by Gasteiger charge is -2.08. The van der Waals surface area contributed by atoms with E-state index in [-0.39, 0.29) is 12.1 Å². The van der Waals surface area contributed by atoms with E-state index in [2.05, 4.69) is 30.4 Å². The molecule has 0 unspecified atom stereocenters. The molecule has 0 radical (unpaired) electrons. The maximum absolute atomic E-state index is 14.5. The predicted octanol–water partition coefficient (Wildman–Crippen LogP) is 4.27. The quantitative estimate of drug-likeness (QED) is 0.442. The van der Waals surface area contributed by atoms with E-state index in [9.17, 15) is 4.39 Å². The molecule has 1 aromatic carbocycles. The number of thiazole rings is 1. The first-order valence-electron chi connectivity index (χ1n) is 9.44. The van der Waals surface area contributed by atoms with Crippen molar-refractivity contribution in [3.63, 3.8) is 0 Å². The van der Waals surface area contributed by atoms with Gasteiger partial charge in [0.2, 0.25) is 0 Å². The molecule has 5 aromatic rings. The molecule has 0 aliphatic heterocycles. The summed E-state index contributed by atoms with van der Waals surface area (Å²) in [5.41, 5.74) is 4.58. The van der Waals surface area contributed by atoms with E-state index in [0.29, 0.717) is 22.8 Å². The number of hydrogen-bond donors (Lipinski definition) is 1. The van der Waals surface area contributed by atoms with Gasteiger partial charge in [-0.05, 0) is 43.7 Å². The molecule has 0 aliphatic carbocycles. The molecule has 0 fully saturated rings. The van der Waals surface area contributed by atoms with Crippen LogP contribution in [0.15, 0.2) is 42.7 Å². The second-order valence-corrected chi connectivity index (χ2v) is 7.90. The van der Waals surface area contributed by atoms with Crippen LogP contribution in [0, 0.1) is 19.7 Å². The van der Waals surface area contributed by atoms with E-state index in [1.165, 1.54) is 17.4 Å². The summed E-state index contributed by atoms with van der Waals surface area (Å²) in [6.07, 6.45) is 3.25. The molecule has 0 amide bonds. The summed E-state index contributed by atoms with van der Waals surface area (Å²) < 4.78 is 20.1. The Bertz CT molecular complexity index is 1380. The van der Waals surface area contributed by atoms with E-state index < -0.39 is 5.82 Å². The van der Waals surface area contributed by atoms with E-state index in [1.807, 2.05) is 32.0 Å². The maximum Gasteiger partial charge on any atom is 0.316 e. The average molecular weight is 433 g/mol. The first-order chi connectivity index (χ1) is 15.1. The minimum absolute atomic E-state index is 0.225. The van der Waals surface area contributed by atoms with Crippen molar-refractivity contribution in [3.8, 4) is 27.8 Å². The third-order valence-corrected chi connectivity index (χ3v) is 5.94. The first kappa shape index (κ1) is 19.2. The Labute approximate surface area is 180 Å². The highest BCUT2D eigenvalue weighted by molar-refractivity contribution is 7.15. The van der Waals surface area contributed by atoms with Crippen LogP contribution in [0.2, 0.25) is 0 Å². The number of pyridine rings is 1. The zero-order chi connectivity index (χ0) is 21.4. The summed E-state index contributed by atoms with van der Waals surface area (Å²) in [6, 6.07) is 9.15. The second kappa shape index (κ2) is 7.80. The number of H-pyrrole nitrogens is 1. The first-order valence-corrected chi connectivity index (χ1v) is 10.3. The lowest BCUT2D eigenvalue weighted by Crippen LogP contribution is -1.98. The van der Waals surface area contributed by atoms with Gasteiger partial charge in [0, 0.05) is 18.0 Å². The SMILES string of the molecule is Cc1nc(COc2ncccn2)sc1-c1cccc(-c2cc(F)c3nn[nH]c3c2C)n1. The number of aromatic nitrogens is 7. The smallest absolute Gasteiger partial charge is 0.316 e. The van der Waals surface area contributed by atoms with Gasteiger partial charge in [-0.3, -0.25) is 5.10 Å². The number of fused-ring (bicyclic) bond motifs is 1. The Hall–Kier alpha value is -3.79. The van der Waals surface area contributed by atoms with Gasteiger partial charge < -0.3 is 4.74 Å². The molecule has 1 N–H and O–H groups in total. The molecular weight excluding hydrogens is 417 g/mol. The van der Waals surface area contributed by atoms with E-state index >= 15 is 0 Å². The Kier molecular flexibility index (Phi) is 4.83. The minimum atomic E-state index is -0.437. The molecular formula is C21H16FN7OS. The third-order valence-electron chi connectivity index (χ3n) is 4.79. The van der Waals surface area contributed by atoms with Crippen molar-refractivity contribution in [2.45, 2.75) is 20.5 Å². The molecule has 4 heterocycles. The van der Waals surface area contributed by atoms with Crippen molar-refractivity contribution < 1.29 is 9.13 Å². The van der Waals surface area contributed by atoms with Gasteiger partial charge in [0.25, 0.3) is 0 Å². The minimum Gasteiger partial charge on any atom is -0.456 e. The van der Waals surface area contributed by atoms with Gasteiger partial charge in [-0.1, -0.05) is 11.3 Å². The summed E-state index contributed by atoms with van der Waals surface area (Å²) in [5, 5.41) is 11.1. The van der Waals surface area contributed by atoms with Crippen LogP contribution in [0.5, 0.6) is 6.01 Å². The van der Waals surface area contributed by atoms with Gasteiger partial charge in [0.1, 0.15) is 17.1 Å². The zero-order valence-electron chi connectivity index (χ0n) is 16.6. The molecule has 0 saturated carbocycles. The van der Waals surface area contributed by atoms with E-state index in [4.69, 9.17) is 9.72 Å². The van der Waals surface area contributed by atoms with E-state index in [0.717, 1.165) is 26.8 Å². The fourth-order valence-corrected chi connectivity index (χ4v) is 4.26. The van der Waals surface area contributed by atoms with Gasteiger partial charge in [0.05, 0.1) is 27.5 Å². The summed E-state index contributed by atoms with van der Waals surface area (Å²) >= 11 is 1.49. The number of ether oxygens (including phenoxy) is 1. The van der Waals surface area contributed by atoms with Gasteiger partial charge in [0.15, 0.2) is 5.82 Å². The van der Waals surface area contributed by atoms with Gasteiger partial charge >= 0.3 is 6.01 Å². The number of nitrogens with zero attached hydrogens (tertiary/aromatic N) is 6. The average Bonchev–Trinajstić information content (AvgIpc) is 3.43. The Morgan fingerprint density at radius 2 is 1.87 bits per heavy atom. The van der Waals surface area contributed by atoms with Crippen LogP contribution in [-0.2, 0) is 6.61 Å².